The molecule has 2 saturated carbocycles. The van der Waals surface area contributed by atoms with E-state index in [2.05, 4.69) is 10.3 Å². The fourth-order valence-corrected chi connectivity index (χ4v) is 2.51. The molecule has 0 bridgehead atoms. The highest BCUT2D eigenvalue weighted by atomic mass is 19.3. The molecule has 5 heteroatoms. The van der Waals surface area contributed by atoms with Crippen molar-refractivity contribution in [3.63, 3.8) is 0 Å². The van der Waals surface area contributed by atoms with Crippen LogP contribution in [0.1, 0.15) is 44.9 Å². The van der Waals surface area contributed by atoms with Gasteiger partial charge < -0.3 is 11.1 Å². The fourth-order valence-electron chi connectivity index (χ4n) is 2.51. The van der Waals surface area contributed by atoms with E-state index >= 15 is 0 Å². The zero-order valence-electron chi connectivity index (χ0n) is 10.8. The average molecular weight is 259 g/mol. The number of rotatable bonds is 4. The normalized spacial score (nSPS) is 25.8. The minimum atomic E-state index is -2.44. The summed E-state index contributed by atoms with van der Waals surface area (Å²) in [5.41, 5.74) is 5.76. The number of alkyl halides is 2. The van der Waals surface area contributed by atoms with E-state index in [1.165, 1.54) is 19.3 Å². The number of guanidine groups is 1. The summed E-state index contributed by atoms with van der Waals surface area (Å²) in [7, 11) is 0. The molecule has 0 amide bonds. The largest absolute Gasteiger partial charge is 0.370 e. The number of nitrogens with one attached hydrogen (secondary N) is 1. The third kappa shape index (κ3) is 4.10. The van der Waals surface area contributed by atoms with E-state index in [1.807, 2.05) is 0 Å². The van der Waals surface area contributed by atoms with Gasteiger partial charge >= 0.3 is 0 Å². The van der Waals surface area contributed by atoms with Gasteiger partial charge in [-0.3, -0.25) is 4.99 Å². The Hall–Kier alpha value is -0.870. The van der Waals surface area contributed by atoms with Crippen molar-refractivity contribution < 1.29 is 8.78 Å². The lowest BCUT2D eigenvalue weighted by Gasteiger charge is -2.28. The highest BCUT2D eigenvalue weighted by Gasteiger charge is 2.34. The first kappa shape index (κ1) is 13.6. The topological polar surface area (TPSA) is 50.4 Å². The minimum absolute atomic E-state index is 0.0124. The molecule has 2 fully saturated rings. The minimum Gasteiger partial charge on any atom is -0.370 e. The lowest BCUT2D eigenvalue weighted by molar-refractivity contribution is -0.0451. The molecular formula is C13H23F2N3. The molecule has 104 valence electrons. The lowest BCUT2D eigenvalue weighted by Crippen LogP contribution is -2.38. The van der Waals surface area contributed by atoms with Crippen LogP contribution in [0, 0.1) is 11.8 Å². The second-order valence-electron chi connectivity index (χ2n) is 5.70. The van der Waals surface area contributed by atoms with Crippen molar-refractivity contribution in [2.24, 2.45) is 22.6 Å². The van der Waals surface area contributed by atoms with Crippen LogP contribution in [0.3, 0.4) is 0 Å². The predicted octanol–water partition coefficient (Wildman–Crippen LogP) is 2.52. The van der Waals surface area contributed by atoms with Crippen molar-refractivity contribution in [3.8, 4) is 0 Å². The van der Waals surface area contributed by atoms with Crippen LogP contribution in [-0.4, -0.2) is 25.0 Å². The van der Waals surface area contributed by atoms with E-state index in [1.54, 1.807) is 0 Å². The van der Waals surface area contributed by atoms with Crippen LogP contribution in [0.15, 0.2) is 4.99 Å². The first-order valence-corrected chi connectivity index (χ1v) is 6.97. The van der Waals surface area contributed by atoms with E-state index in [0.29, 0.717) is 37.2 Å². The first-order valence-electron chi connectivity index (χ1n) is 6.97. The Morgan fingerprint density at radius 2 is 1.83 bits per heavy atom. The van der Waals surface area contributed by atoms with E-state index in [0.717, 1.165) is 6.54 Å². The highest BCUT2D eigenvalue weighted by molar-refractivity contribution is 5.77. The second kappa shape index (κ2) is 5.85. The van der Waals surface area contributed by atoms with Crippen LogP contribution in [0.4, 0.5) is 8.78 Å². The molecule has 0 aromatic heterocycles. The number of nitrogens with zero attached hydrogens (tertiary/aromatic N) is 1. The number of halogens is 2. The standard InChI is InChI=1S/C13H23F2N3/c14-13(15)6-4-11(5-7-13)9-18-12(16)17-8-10-2-1-3-10/h10-11H,1-9H2,(H3,16,17,18). The number of hydrogen-bond acceptors (Lipinski definition) is 1. The van der Waals surface area contributed by atoms with Crippen LogP contribution in [0.5, 0.6) is 0 Å². The molecule has 2 rings (SSSR count). The van der Waals surface area contributed by atoms with Crippen LogP contribution in [0.2, 0.25) is 0 Å². The Bertz CT molecular complexity index is 291. The zero-order chi connectivity index (χ0) is 13.0. The Labute approximate surface area is 107 Å². The third-order valence-corrected chi connectivity index (χ3v) is 4.15. The molecule has 0 aliphatic heterocycles. The molecule has 18 heavy (non-hydrogen) atoms. The maximum Gasteiger partial charge on any atom is 0.248 e. The van der Waals surface area contributed by atoms with Crippen molar-refractivity contribution >= 4 is 5.96 Å². The van der Waals surface area contributed by atoms with Crippen molar-refractivity contribution in [3.05, 3.63) is 0 Å². The highest BCUT2D eigenvalue weighted by Crippen LogP contribution is 2.35. The third-order valence-electron chi connectivity index (χ3n) is 4.15. The molecular weight excluding hydrogens is 236 g/mol. The quantitative estimate of drug-likeness (QED) is 0.602. The van der Waals surface area contributed by atoms with Gasteiger partial charge in [-0.2, -0.15) is 0 Å². The Morgan fingerprint density at radius 1 is 1.17 bits per heavy atom. The van der Waals surface area contributed by atoms with Gasteiger partial charge in [0.05, 0.1) is 0 Å². The Balaban J connectivity index is 1.62. The van der Waals surface area contributed by atoms with Crippen molar-refractivity contribution in [2.45, 2.75) is 50.9 Å². The van der Waals surface area contributed by atoms with Crippen molar-refractivity contribution in [1.82, 2.24) is 5.32 Å². The van der Waals surface area contributed by atoms with Gasteiger partial charge in [0.15, 0.2) is 5.96 Å². The molecule has 0 saturated heterocycles. The number of aliphatic imine (C=N–C) groups is 1. The van der Waals surface area contributed by atoms with Crippen molar-refractivity contribution in [1.29, 1.82) is 0 Å². The second-order valence-corrected chi connectivity index (χ2v) is 5.70. The van der Waals surface area contributed by atoms with E-state index in [4.69, 9.17) is 5.73 Å². The molecule has 2 aliphatic carbocycles. The van der Waals surface area contributed by atoms with Crippen LogP contribution in [-0.2, 0) is 0 Å². The van der Waals surface area contributed by atoms with Gasteiger partial charge in [0, 0.05) is 25.9 Å². The molecule has 3 nitrogen and oxygen atoms in total. The maximum atomic E-state index is 13.0. The molecule has 2 aliphatic rings. The van der Waals surface area contributed by atoms with Gasteiger partial charge in [0.1, 0.15) is 0 Å². The summed E-state index contributed by atoms with van der Waals surface area (Å²) >= 11 is 0. The number of nitrogens with two attached hydrogens (primary N) is 1. The Morgan fingerprint density at radius 3 is 2.39 bits per heavy atom. The van der Waals surface area contributed by atoms with Crippen molar-refractivity contribution in [2.75, 3.05) is 13.1 Å². The van der Waals surface area contributed by atoms with Crippen LogP contribution >= 0.6 is 0 Å². The first-order chi connectivity index (χ1) is 8.55. The summed E-state index contributed by atoms with van der Waals surface area (Å²) in [5.74, 6) is -0.958. The van der Waals surface area contributed by atoms with Crippen LogP contribution < -0.4 is 11.1 Å². The van der Waals surface area contributed by atoms with Crippen LogP contribution in [0.25, 0.3) is 0 Å². The van der Waals surface area contributed by atoms with Gasteiger partial charge in [0.2, 0.25) is 5.92 Å². The molecule has 0 unspecified atom stereocenters. The average Bonchev–Trinajstić information content (AvgIpc) is 2.25. The molecule has 0 radical (unpaired) electrons. The SMILES string of the molecule is NC(=NCC1CCC1)NCC1CCC(F)(F)CC1. The fraction of sp³-hybridized carbons (Fsp3) is 0.923. The van der Waals surface area contributed by atoms with Gasteiger partial charge in [-0.1, -0.05) is 6.42 Å². The van der Waals surface area contributed by atoms with Gasteiger partial charge in [-0.15, -0.1) is 0 Å². The summed E-state index contributed by atoms with van der Waals surface area (Å²) < 4.78 is 25.9. The lowest BCUT2D eigenvalue weighted by atomic mass is 9.86. The summed E-state index contributed by atoms with van der Waals surface area (Å²) in [6, 6.07) is 0. The summed E-state index contributed by atoms with van der Waals surface area (Å²) in [6.07, 6.45) is 5.01. The van der Waals surface area contributed by atoms with Gasteiger partial charge in [-0.25, -0.2) is 8.78 Å². The molecule has 0 heterocycles. The number of hydrogen-bond donors (Lipinski definition) is 2. The summed E-state index contributed by atoms with van der Waals surface area (Å²) in [5, 5.41) is 3.07. The van der Waals surface area contributed by atoms with Gasteiger partial charge in [0.25, 0.3) is 0 Å². The predicted molar refractivity (Wildman–Crippen MR) is 68.7 cm³/mol. The molecule has 0 spiro atoms. The molecule has 0 aromatic rings. The summed E-state index contributed by atoms with van der Waals surface area (Å²) in [4.78, 5) is 4.29. The smallest absolute Gasteiger partial charge is 0.248 e. The summed E-state index contributed by atoms with van der Waals surface area (Å²) in [6.45, 7) is 1.48. The van der Waals surface area contributed by atoms with E-state index in [-0.39, 0.29) is 12.8 Å². The van der Waals surface area contributed by atoms with Gasteiger partial charge in [-0.05, 0) is 37.5 Å². The van der Waals surface area contributed by atoms with E-state index in [9.17, 15) is 8.78 Å². The van der Waals surface area contributed by atoms with E-state index < -0.39 is 5.92 Å². The molecule has 0 atom stereocenters. The Kier molecular flexibility index (Phi) is 4.40. The zero-order valence-corrected chi connectivity index (χ0v) is 10.8. The molecule has 0 aromatic carbocycles. The maximum absolute atomic E-state index is 13.0. The monoisotopic (exact) mass is 259 g/mol. The molecule has 3 N–H and O–H groups in total.